The first-order valence-corrected chi connectivity index (χ1v) is 11.4. The predicted octanol–water partition coefficient (Wildman–Crippen LogP) is 2.65. The summed E-state index contributed by atoms with van der Waals surface area (Å²) in [4.78, 5) is 37.9. The van der Waals surface area contributed by atoms with Gasteiger partial charge in [0.15, 0.2) is 12.3 Å². The number of carbonyl (C=O) groups excluding carboxylic acids is 2. The summed E-state index contributed by atoms with van der Waals surface area (Å²) in [6.07, 6.45) is 7.89. The molecule has 1 amide bonds. The average molecular weight is 429 g/mol. The van der Waals surface area contributed by atoms with E-state index in [1.807, 2.05) is 44.2 Å². The molecule has 1 heterocycles. The van der Waals surface area contributed by atoms with Crippen LogP contribution in [0, 0.1) is 11.8 Å². The molecule has 168 valence electrons. The summed E-state index contributed by atoms with van der Waals surface area (Å²) in [6.45, 7) is 4.44. The second-order valence-electron chi connectivity index (χ2n) is 8.97. The molecule has 1 N–H and O–H groups in total. The third-order valence-corrected chi connectivity index (χ3v) is 5.88. The summed E-state index contributed by atoms with van der Waals surface area (Å²) < 4.78 is 8.00. The largest absolute Gasteiger partial charge is 0.549 e. The predicted molar refractivity (Wildman–Crippen MR) is 116 cm³/mol. The van der Waals surface area contributed by atoms with Crippen LogP contribution >= 0.6 is 0 Å². The number of hydrogen-bond donors (Lipinski definition) is 1. The van der Waals surface area contributed by atoms with Gasteiger partial charge in [0.2, 0.25) is 5.91 Å². The highest BCUT2D eigenvalue weighted by molar-refractivity contribution is 5.89. The van der Waals surface area contributed by atoms with Crippen LogP contribution in [0.1, 0.15) is 57.9 Å². The molecular formula is C24H34N3O4+. The van der Waals surface area contributed by atoms with E-state index in [0.717, 1.165) is 37.7 Å². The van der Waals surface area contributed by atoms with Crippen LogP contribution in [0.4, 0.5) is 0 Å². The number of aryl methyl sites for hydroxylation is 2. The van der Waals surface area contributed by atoms with Gasteiger partial charge in [0.25, 0.3) is 6.33 Å². The molecule has 0 aliphatic heterocycles. The van der Waals surface area contributed by atoms with Crippen molar-refractivity contribution in [3.63, 3.8) is 0 Å². The molecule has 31 heavy (non-hydrogen) atoms. The minimum Gasteiger partial charge on any atom is -0.346 e. The summed E-state index contributed by atoms with van der Waals surface area (Å²) in [5, 5.41) is 2.97. The summed E-state index contributed by atoms with van der Waals surface area (Å²) in [5.74, 6) is -0.527. The second kappa shape index (κ2) is 11.1. The van der Waals surface area contributed by atoms with Crippen LogP contribution in [-0.4, -0.2) is 22.3 Å². The smallest absolute Gasteiger partial charge is 0.346 e. The highest BCUT2D eigenvalue weighted by atomic mass is 16.5. The van der Waals surface area contributed by atoms with Crippen molar-refractivity contribution in [1.29, 1.82) is 0 Å². The van der Waals surface area contributed by atoms with Crippen molar-refractivity contribution in [1.82, 2.24) is 9.88 Å². The monoisotopic (exact) mass is 428 g/mol. The van der Waals surface area contributed by atoms with Gasteiger partial charge in [-0.25, -0.2) is 4.52 Å². The van der Waals surface area contributed by atoms with Gasteiger partial charge >= 0.3 is 5.76 Å². The van der Waals surface area contributed by atoms with Gasteiger partial charge in [-0.15, -0.1) is 0 Å². The van der Waals surface area contributed by atoms with Gasteiger partial charge in [-0.3, -0.25) is 9.59 Å². The summed E-state index contributed by atoms with van der Waals surface area (Å²) in [6, 6.07) is 9.34. The van der Waals surface area contributed by atoms with E-state index < -0.39 is 11.8 Å². The molecule has 0 spiro atoms. The van der Waals surface area contributed by atoms with Gasteiger partial charge in [0.1, 0.15) is 6.54 Å². The SMILES string of the molecule is CC(C)C[C@H](NC(=O)C1CCCCC1)C(=O)Cn1c[n+](CCc2ccccc2)oc1=O. The highest BCUT2D eigenvalue weighted by Gasteiger charge is 2.29. The number of ketones is 1. The fraction of sp³-hybridized carbons (Fsp3) is 0.583. The quantitative estimate of drug-likeness (QED) is 0.590. The van der Waals surface area contributed by atoms with Crippen molar-refractivity contribution >= 4 is 11.7 Å². The average Bonchev–Trinajstić information content (AvgIpc) is 3.12. The second-order valence-corrected chi connectivity index (χ2v) is 8.97. The van der Waals surface area contributed by atoms with E-state index in [9.17, 15) is 14.4 Å². The first-order chi connectivity index (χ1) is 14.9. The fourth-order valence-corrected chi connectivity index (χ4v) is 4.15. The van der Waals surface area contributed by atoms with Crippen molar-refractivity contribution in [2.45, 2.75) is 77.9 Å². The molecule has 1 aromatic carbocycles. The Bertz CT molecular complexity index is 910. The van der Waals surface area contributed by atoms with Gasteiger partial charge in [-0.2, -0.15) is 9.36 Å². The third kappa shape index (κ3) is 6.91. The Morgan fingerprint density at radius 2 is 1.87 bits per heavy atom. The van der Waals surface area contributed by atoms with E-state index >= 15 is 0 Å². The first kappa shape index (κ1) is 23.0. The van der Waals surface area contributed by atoms with E-state index in [2.05, 4.69) is 5.32 Å². The Hall–Kier alpha value is -2.70. The first-order valence-electron chi connectivity index (χ1n) is 11.4. The van der Waals surface area contributed by atoms with Gasteiger partial charge < -0.3 is 5.32 Å². The van der Waals surface area contributed by atoms with Crippen LogP contribution in [0.25, 0.3) is 0 Å². The number of rotatable bonds is 10. The van der Waals surface area contributed by atoms with E-state index in [-0.39, 0.29) is 30.1 Å². The van der Waals surface area contributed by atoms with Crippen molar-refractivity contribution in [3.05, 3.63) is 52.8 Å². The number of benzene rings is 1. The Labute approximate surface area is 183 Å². The van der Waals surface area contributed by atoms with Crippen LogP contribution in [0.15, 0.2) is 46.0 Å². The molecular weight excluding hydrogens is 394 g/mol. The van der Waals surface area contributed by atoms with Crippen molar-refractivity contribution in [2.75, 3.05) is 0 Å². The molecule has 7 heteroatoms. The normalized spacial score (nSPS) is 15.7. The number of amides is 1. The van der Waals surface area contributed by atoms with Crippen LogP contribution in [0.5, 0.6) is 0 Å². The number of carbonyl (C=O) groups is 2. The van der Waals surface area contributed by atoms with Crippen LogP contribution < -0.4 is 15.8 Å². The van der Waals surface area contributed by atoms with Gasteiger partial charge in [0.05, 0.1) is 6.04 Å². The molecule has 0 unspecified atom stereocenters. The standard InChI is InChI=1S/C24H33N3O4/c1-18(2)15-21(25-23(29)20-11-7-4-8-12-20)22(28)16-26-17-27(31-24(26)30)14-13-19-9-5-3-6-10-19/h3,5-6,9-10,17-18,20-21H,4,7-8,11-16H2,1-2H3/p+1/t21-/m0/s1. The number of nitrogens with zero attached hydrogens (tertiary/aromatic N) is 2. The van der Waals surface area contributed by atoms with Crippen LogP contribution in [0.3, 0.4) is 0 Å². The number of aromatic nitrogens is 2. The minimum absolute atomic E-state index is 0.00648. The summed E-state index contributed by atoms with van der Waals surface area (Å²) in [5.41, 5.74) is 1.14. The molecule has 2 aromatic rings. The molecule has 7 nitrogen and oxygen atoms in total. The summed E-state index contributed by atoms with van der Waals surface area (Å²) in [7, 11) is 0. The Kier molecular flexibility index (Phi) is 8.20. The molecule has 3 rings (SSSR count). The van der Waals surface area contributed by atoms with Crippen LogP contribution in [0.2, 0.25) is 0 Å². The Morgan fingerprint density at radius 3 is 2.55 bits per heavy atom. The maximum absolute atomic E-state index is 13.0. The number of hydrogen-bond acceptors (Lipinski definition) is 4. The molecule has 1 saturated carbocycles. The molecule has 1 atom stereocenters. The maximum atomic E-state index is 13.0. The van der Waals surface area contributed by atoms with E-state index in [1.54, 1.807) is 6.33 Å². The lowest BCUT2D eigenvalue weighted by Gasteiger charge is -2.25. The molecule has 0 saturated heterocycles. The highest BCUT2D eigenvalue weighted by Crippen LogP contribution is 2.24. The maximum Gasteiger partial charge on any atom is 0.549 e. The Morgan fingerprint density at radius 1 is 1.16 bits per heavy atom. The van der Waals surface area contributed by atoms with E-state index in [0.29, 0.717) is 13.0 Å². The molecule has 1 aliphatic carbocycles. The van der Waals surface area contributed by atoms with Crippen molar-refractivity contribution in [2.24, 2.45) is 11.8 Å². The van der Waals surface area contributed by atoms with Gasteiger partial charge in [0, 0.05) is 12.3 Å². The van der Waals surface area contributed by atoms with E-state index in [4.69, 9.17) is 4.52 Å². The lowest BCUT2D eigenvalue weighted by atomic mass is 9.88. The number of Topliss-reactive ketones (excluding diaryl/α,β-unsaturated/α-hetero) is 1. The zero-order valence-electron chi connectivity index (χ0n) is 18.6. The third-order valence-electron chi connectivity index (χ3n) is 5.88. The van der Waals surface area contributed by atoms with Crippen molar-refractivity contribution in [3.8, 4) is 0 Å². The fourth-order valence-electron chi connectivity index (χ4n) is 4.15. The topological polar surface area (TPSA) is 85.2 Å². The lowest BCUT2D eigenvalue weighted by Crippen LogP contribution is -2.46. The molecule has 0 bridgehead atoms. The van der Waals surface area contributed by atoms with E-state index in [1.165, 1.54) is 15.7 Å². The molecule has 1 aliphatic rings. The van der Waals surface area contributed by atoms with Crippen molar-refractivity contribution < 1.29 is 18.9 Å². The van der Waals surface area contributed by atoms with Crippen LogP contribution in [-0.2, 0) is 29.1 Å². The minimum atomic E-state index is -0.589. The molecule has 1 fully saturated rings. The zero-order valence-corrected chi connectivity index (χ0v) is 18.6. The van der Waals surface area contributed by atoms with Gasteiger partial charge in [-0.1, -0.05) is 68.2 Å². The summed E-state index contributed by atoms with van der Waals surface area (Å²) >= 11 is 0. The Balaban J connectivity index is 1.61. The lowest BCUT2D eigenvalue weighted by molar-refractivity contribution is -0.866. The number of nitrogens with one attached hydrogen (secondary N) is 1. The molecule has 1 aromatic heterocycles. The van der Waals surface area contributed by atoms with Gasteiger partial charge in [-0.05, 0) is 30.7 Å². The zero-order chi connectivity index (χ0) is 22.2. The molecule has 0 radical (unpaired) electrons.